The second kappa shape index (κ2) is 7.75. The molecule has 2 atom stereocenters. The number of rotatable bonds is 5. The molecule has 0 spiro atoms. The molecule has 0 saturated heterocycles. The van der Waals surface area contributed by atoms with Crippen LogP contribution in [0.25, 0.3) is 0 Å². The molecular formula is C23H20N2O4. The molecule has 4 rings (SSSR count). The van der Waals surface area contributed by atoms with Gasteiger partial charge in [0, 0.05) is 36.0 Å². The van der Waals surface area contributed by atoms with Gasteiger partial charge < -0.3 is 15.2 Å². The van der Waals surface area contributed by atoms with E-state index in [-0.39, 0.29) is 11.9 Å². The average molecular weight is 388 g/mol. The highest BCUT2D eigenvalue weighted by atomic mass is 16.5. The molecule has 6 nitrogen and oxygen atoms in total. The van der Waals surface area contributed by atoms with Gasteiger partial charge in [-0.15, -0.1) is 0 Å². The smallest absolute Gasteiger partial charge is 0.249 e. The van der Waals surface area contributed by atoms with Crippen molar-refractivity contribution in [2.24, 2.45) is 5.73 Å². The number of hydrogen-bond donors (Lipinski definition) is 1. The van der Waals surface area contributed by atoms with Crippen LogP contribution in [0.5, 0.6) is 11.5 Å². The van der Waals surface area contributed by atoms with Gasteiger partial charge in [0.05, 0.1) is 5.56 Å². The van der Waals surface area contributed by atoms with Crippen molar-refractivity contribution in [3.63, 3.8) is 0 Å². The fraction of sp³-hybridized carbons (Fsp3) is 0.174. The van der Waals surface area contributed by atoms with Crippen LogP contribution in [0.4, 0.5) is 0 Å². The Morgan fingerprint density at radius 3 is 2.69 bits per heavy atom. The standard InChI is InChI=1S/C23H20N2O4/c1-14-12-20(26)19-7-6-16(13-21(19)28-14)29-22(15-8-10-25-11-9-15)17-4-2-3-5-18(17)23(24)27/h2-11,13-14,22H,12H2,1H3,(H2,24,27)/t14-,22+/m1/s1. The van der Waals surface area contributed by atoms with E-state index in [1.54, 1.807) is 42.7 Å². The summed E-state index contributed by atoms with van der Waals surface area (Å²) in [5.74, 6) is 0.543. The van der Waals surface area contributed by atoms with Gasteiger partial charge in [0.2, 0.25) is 5.91 Å². The lowest BCUT2D eigenvalue weighted by Crippen LogP contribution is -2.24. The summed E-state index contributed by atoms with van der Waals surface area (Å²) >= 11 is 0. The Bertz CT molecular complexity index is 1070. The maximum Gasteiger partial charge on any atom is 0.249 e. The van der Waals surface area contributed by atoms with E-state index in [1.165, 1.54) is 0 Å². The predicted octanol–water partition coefficient (Wildman–Crippen LogP) is 3.70. The number of carbonyl (C=O) groups is 2. The van der Waals surface area contributed by atoms with E-state index < -0.39 is 12.0 Å². The highest BCUT2D eigenvalue weighted by Crippen LogP contribution is 2.35. The third kappa shape index (κ3) is 3.82. The van der Waals surface area contributed by atoms with Crippen molar-refractivity contribution in [2.75, 3.05) is 0 Å². The number of pyridine rings is 1. The summed E-state index contributed by atoms with van der Waals surface area (Å²) in [7, 11) is 0. The number of Topliss-reactive ketones (excluding diaryl/α,β-unsaturated/α-hetero) is 1. The Kier molecular flexibility index (Phi) is 4.99. The van der Waals surface area contributed by atoms with Crippen LogP contribution in [0.15, 0.2) is 67.0 Å². The molecule has 1 amide bonds. The fourth-order valence-electron chi connectivity index (χ4n) is 3.47. The van der Waals surface area contributed by atoms with Crippen molar-refractivity contribution >= 4 is 11.7 Å². The zero-order chi connectivity index (χ0) is 20.4. The molecular weight excluding hydrogens is 368 g/mol. The van der Waals surface area contributed by atoms with Crippen LogP contribution < -0.4 is 15.2 Å². The minimum Gasteiger partial charge on any atom is -0.489 e. The van der Waals surface area contributed by atoms with Crippen molar-refractivity contribution in [1.82, 2.24) is 4.98 Å². The van der Waals surface area contributed by atoms with Gasteiger partial charge in [-0.2, -0.15) is 0 Å². The third-order valence-electron chi connectivity index (χ3n) is 4.83. The monoisotopic (exact) mass is 388 g/mol. The number of amides is 1. The van der Waals surface area contributed by atoms with Gasteiger partial charge in [-0.25, -0.2) is 0 Å². The van der Waals surface area contributed by atoms with Crippen molar-refractivity contribution in [3.05, 3.63) is 89.2 Å². The number of carbonyl (C=O) groups excluding carboxylic acids is 2. The normalized spacial score (nSPS) is 16.4. The number of nitrogens with two attached hydrogens (primary N) is 1. The maximum absolute atomic E-state index is 12.2. The van der Waals surface area contributed by atoms with Crippen molar-refractivity contribution in [2.45, 2.75) is 25.6 Å². The molecule has 1 aliphatic rings. The number of fused-ring (bicyclic) bond motifs is 1. The highest BCUT2D eigenvalue weighted by Gasteiger charge is 2.26. The van der Waals surface area contributed by atoms with Gasteiger partial charge in [-0.3, -0.25) is 14.6 Å². The Balaban J connectivity index is 1.76. The van der Waals surface area contributed by atoms with Crippen molar-refractivity contribution < 1.29 is 19.1 Å². The molecule has 0 fully saturated rings. The van der Waals surface area contributed by atoms with Gasteiger partial charge in [0.25, 0.3) is 0 Å². The van der Waals surface area contributed by atoms with Gasteiger partial charge in [-0.1, -0.05) is 18.2 Å². The molecule has 0 saturated carbocycles. The minimum atomic E-state index is -0.587. The van der Waals surface area contributed by atoms with E-state index in [0.717, 1.165) is 5.56 Å². The SMILES string of the molecule is C[C@@H]1CC(=O)c2ccc(O[C@@H](c3ccncc3)c3ccccc3C(N)=O)cc2O1. The number of ketones is 1. The van der Waals surface area contributed by atoms with Crippen LogP contribution in [0.3, 0.4) is 0 Å². The molecule has 1 aliphatic heterocycles. The van der Waals surface area contributed by atoms with E-state index in [1.807, 2.05) is 31.2 Å². The Morgan fingerprint density at radius 1 is 1.17 bits per heavy atom. The first-order chi connectivity index (χ1) is 14.0. The first-order valence-electron chi connectivity index (χ1n) is 9.32. The Labute approximate surface area is 168 Å². The molecule has 29 heavy (non-hydrogen) atoms. The number of primary amides is 1. The fourth-order valence-corrected chi connectivity index (χ4v) is 3.47. The van der Waals surface area contributed by atoms with Crippen molar-refractivity contribution in [1.29, 1.82) is 0 Å². The van der Waals surface area contributed by atoms with Crippen LogP contribution in [-0.4, -0.2) is 22.8 Å². The van der Waals surface area contributed by atoms with Crippen LogP contribution in [0, 0.1) is 0 Å². The number of benzene rings is 2. The summed E-state index contributed by atoms with van der Waals surface area (Å²) < 4.78 is 12.1. The average Bonchev–Trinajstić information content (AvgIpc) is 2.72. The first-order valence-corrected chi connectivity index (χ1v) is 9.32. The molecule has 1 aromatic heterocycles. The summed E-state index contributed by atoms with van der Waals surface area (Å²) in [5, 5.41) is 0. The third-order valence-corrected chi connectivity index (χ3v) is 4.83. The lowest BCUT2D eigenvalue weighted by molar-refractivity contribution is 0.0869. The maximum atomic E-state index is 12.2. The lowest BCUT2D eigenvalue weighted by Gasteiger charge is -2.25. The van der Waals surface area contributed by atoms with Crippen LogP contribution >= 0.6 is 0 Å². The molecule has 3 aromatic rings. The number of nitrogens with zero attached hydrogens (tertiary/aromatic N) is 1. The Morgan fingerprint density at radius 2 is 1.93 bits per heavy atom. The van der Waals surface area contributed by atoms with Crippen LogP contribution in [0.1, 0.15) is 51.3 Å². The molecule has 146 valence electrons. The molecule has 0 unspecified atom stereocenters. The van der Waals surface area contributed by atoms with Gasteiger partial charge in [0.15, 0.2) is 5.78 Å². The summed E-state index contributed by atoms with van der Waals surface area (Å²) in [6.45, 7) is 1.86. The quantitative estimate of drug-likeness (QED) is 0.719. The van der Waals surface area contributed by atoms with Gasteiger partial charge >= 0.3 is 0 Å². The molecule has 2 aromatic carbocycles. The van der Waals surface area contributed by atoms with Crippen molar-refractivity contribution in [3.8, 4) is 11.5 Å². The topological polar surface area (TPSA) is 91.5 Å². The molecule has 0 radical (unpaired) electrons. The number of aromatic nitrogens is 1. The highest BCUT2D eigenvalue weighted by molar-refractivity contribution is 6.00. The van der Waals surface area contributed by atoms with Gasteiger partial charge in [-0.05, 0) is 42.8 Å². The zero-order valence-electron chi connectivity index (χ0n) is 15.9. The number of ether oxygens (including phenoxy) is 2. The van der Waals surface area contributed by atoms with E-state index in [2.05, 4.69) is 4.98 Å². The van der Waals surface area contributed by atoms with Crippen LogP contribution in [0.2, 0.25) is 0 Å². The summed E-state index contributed by atoms with van der Waals surface area (Å²) in [4.78, 5) is 28.2. The molecule has 6 heteroatoms. The summed E-state index contributed by atoms with van der Waals surface area (Å²) in [5.41, 5.74) is 7.98. The predicted molar refractivity (Wildman–Crippen MR) is 107 cm³/mol. The largest absolute Gasteiger partial charge is 0.489 e. The van der Waals surface area contributed by atoms with Crippen LogP contribution in [-0.2, 0) is 0 Å². The second-order valence-corrected chi connectivity index (χ2v) is 6.94. The van der Waals surface area contributed by atoms with E-state index >= 15 is 0 Å². The zero-order valence-corrected chi connectivity index (χ0v) is 15.9. The molecule has 2 N–H and O–H groups in total. The molecule has 0 aliphatic carbocycles. The minimum absolute atomic E-state index is 0.0510. The molecule has 0 bridgehead atoms. The first kappa shape index (κ1) is 18.7. The summed E-state index contributed by atoms with van der Waals surface area (Å²) in [6.07, 6.45) is 2.91. The molecule has 2 heterocycles. The number of hydrogen-bond acceptors (Lipinski definition) is 5. The Hall–Kier alpha value is -3.67. The van der Waals surface area contributed by atoms with E-state index in [0.29, 0.717) is 34.6 Å². The van der Waals surface area contributed by atoms with Gasteiger partial charge in [0.1, 0.15) is 23.7 Å². The van der Waals surface area contributed by atoms with E-state index in [4.69, 9.17) is 15.2 Å². The second-order valence-electron chi connectivity index (χ2n) is 6.94. The summed E-state index contributed by atoms with van der Waals surface area (Å²) in [6, 6.07) is 15.9. The van der Waals surface area contributed by atoms with E-state index in [9.17, 15) is 9.59 Å². The lowest BCUT2D eigenvalue weighted by atomic mass is 9.96.